The number of amides is 1. The van der Waals surface area contributed by atoms with Crippen molar-refractivity contribution in [2.45, 2.75) is 45.2 Å². The summed E-state index contributed by atoms with van der Waals surface area (Å²) in [6, 6.07) is 4.65. The van der Waals surface area contributed by atoms with E-state index in [4.69, 9.17) is 5.73 Å². The van der Waals surface area contributed by atoms with Gasteiger partial charge in [0.2, 0.25) is 0 Å². The van der Waals surface area contributed by atoms with Gasteiger partial charge in [0.15, 0.2) is 0 Å². The fraction of sp³-hybridized carbons (Fsp3) is 0.500. The van der Waals surface area contributed by atoms with Crippen molar-refractivity contribution in [2.24, 2.45) is 0 Å². The highest BCUT2D eigenvalue weighted by Gasteiger charge is 2.27. The number of nitrogens with one attached hydrogen (secondary N) is 1. The van der Waals surface area contributed by atoms with Gasteiger partial charge in [-0.25, -0.2) is 9.40 Å². The maximum absolute atomic E-state index is 13.7. The number of benzene rings is 1. The lowest BCUT2D eigenvalue weighted by Gasteiger charge is -2.38. The number of carbonyl (C=O) groups is 1. The van der Waals surface area contributed by atoms with E-state index in [-0.39, 0.29) is 17.6 Å². The van der Waals surface area contributed by atoms with E-state index in [1.807, 2.05) is 5.01 Å². The molecule has 2 rings (SSSR count). The first-order chi connectivity index (χ1) is 8.99. The molecule has 4 nitrogen and oxygen atoms in total. The van der Waals surface area contributed by atoms with Crippen LogP contribution in [0, 0.1) is 5.82 Å². The predicted molar refractivity (Wildman–Crippen MR) is 72.9 cm³/mol. The van der Waals surface area contributed by atoms with Crippen molar-refractivity contribution in [1.29, 1.82) is 0 Å². The first-order valence-electron chi connectivity index (χ1n) is 6.63. The second-order valence-corrected chi connectivity index (χ2v) is 5.22. The Balaban J connectivity index is 2.11. The number of nitrogens with zero attached hydrogens (tertiary/aromatic N) is 1. The minimum absolute atomic E-state index is 0.0270. The third-order valence-corrected chi connectivity index (χ3v) is 3.66. The van der Waals surface area contributed by atoms with E-state index < -0.39 is 11.7 Å². The van der Waals surface area contributed by atoms with Gasteiger partial charge in [-0.3, -0.25) is 10.2 Å². The predicted octanol–water partition coefficient (Wildman–Crippen LogP) is 2.32. The Morgan fingerprint density at radius 1 is 1.37 bits per heavy atom. The van der Waals surface area contributed by atoms with Gasteiger partial charge >= 0.3 is 0 Å². The first kappa shape index (κ1) is 13.8. The van der Waals surface area contributed by atoms with Crippen LogP contribution in [0.1, 0.15) is 43.5 Å². The van der Waals surface area contributed by atoms with Crippen LogP contribution >= 0.6 is 0 Å². The summed E-state index contributed by atoms with van der Waals surface area (Å²) in [7, 11) is 0. The standard InChI is InChI=1S/C14H20FN3O/c1-9-4-3-5-10(2)18(9)17-14(19)12-7-6-11(16)8-13(12)15/h6-10H,3-5,16H2,1-2H3,(H,17,19). The average molecular weight is 265 g/mol. The molecule has 1 amide bonds. The van der Waals surface area contributed by atoms with Crippen LogP contribution in [0.15, 0.2) is 18.2 Å². The van der Waals surface area contributed by atoms with Crippen molar-refractivity contribution in [2.75, 3.05) is 5.73 Å². The molecule has 0 aromatic heterocycles. The van der Waals surface area contributed by atoms with Crippen LogP contribution in [-0.4, -0.2) is 23.0 Å². The maximum atomic E-state index is 13.7. The van der Waals surface area contributed by atoms with Gasteiger partial charge in [-0.15, -0.1) is 0 Å². The van der Waals surface area contributed by atoms with Crippen molar-refractivity contribution in [3.8, 4) is 0 Å². The van der Waals surface area contributed by atoms with Crippen molar-refractivity contribution >= 4 is 11.6 Å². The van der Waals surface area contributed by atoms with Crippen molar-refractivity contribution in [3.63, 3.8) is 0 Å². The number of carbonyl (C=O) groups excluding carboxylic acids is 1. The van der Waals surface area contributed by atoms with Crippen molar-refractivity contribution in [3.05, 3.63) is 29.6 Å². The van der Waals surface area contributed by atoms with Gasteiger partial charge in [-0.05, 0) is 44.9 Å². The molecule has 0 bridgehead atoms. The van der Waals surface area contributed by atoms with Gasteiger partial charge in [0.05, 0.1) is 5.56 Å². The highest BCUT2D eigenvalue weighted by atomic mass is 19.1. The zero-order valence-corrected chi connectivity index (χ0v) is 11.3. The quantitative estimate of drug-likeness (QED) is 0.807. The van der Waals surface area contributed by atoms with E-state index in [0.29, 0.717) is 5.69 Å². The Kier molecular flexibility index (Phi) is 4.04. The Labute approximate surface area is 112 Å². The second-order valence-electron chi connectivity index (χ2n) is 5.22. The first-order valence-corrected chi connectivity index (χ1v) is 6.63. The number of nitrogen functional groups attached to an aromatic ring is 1. The Morgan fingerprint density at radius 3 is 2.58 bits per heavy atom. The minimum Gasteiger partial charge on any atom is -0.399 e. The van der Waals surface area contributed by atoms with Crippen LogP contribution in [0.25, 0.3) is 0 Å². The smallest absolute Gasteiger partial charge is 0.268 e. The van der Waals surface area contributed by atoms with Crippen LogP contribution < -0.4 is 11.2 Å². The van der Waals surface area contributed by atoms with E-state index in [2.05, 4.69) is 19.3 Å². The van der Waals surface area contributed by atoms with E-state index in [9.17, 15) is 9.18 Å². The number of halogens is 1. The van der Waals surface area contributed by atoms with Gasteiger partial charge in [0.25, 0.3) is 5.91 Å². The molecule has 5 heteroatoms. The zero-order chi connectivity index (χ0) is 14.0. The fourth-order valence-corrected chi connectivity index (χ4v) is 2.53. The lowest BCUT2D eigenvalue weighted by atomic mass is 10.00. The van der Waals surface area contributed by atoms with E-state index in [0.717, 1.165) is 25.3 Å². The average Bonchev–Trinajstić information content (AvgIpc) is 2.33. The van der Waals surface area contributed by atoms with Crippen molar-refractivity contribution in [1.82, 2.24) is 10.4 Å². The monoisotopic (exact) mass is 265 g/mol. The third kappa shape index (κ3) is 3.04. The number of rotatable bonds is 2. The van der Waals surface area contributed by atoms with Gasteiger partial charge < -0.3 is 5.73 Å². The van der Waals surface area contributed by atoms with Crippen molar-refractivity contribution < 1.29 is 9.18 Å². The van der Waals surface area contributed by atoms with Crippen LogP contribution in [0.5, 0.6) is 0 Å². The van der Waals surface area contributed by atoms with Gasteiger partial charge in [-0.2, -0.15) is 0 Å². The topological polar surface area (TPSA) is 58.4 Å². The number of piperidine rings is 1. The molecule has 1 aromatic rings. The Bertz CT molecular complexity index is 468. The summed E-state index contributed by atoms with van der Waals surface area (Å²) < 4.78 is 13.7. The molecule has 2 unspecified atom stereocenters. The molecule has 104 valence electrons. The molecule has 1 aliphatic rings. The number of nitrogens with two attached hydrogens (primary N) is 1. The highest BCUT2D eigenvalue weighted by Crippen LogP contribution is 2.21. The lowest BCUT2D eigenvalue weighted by Crippen LogP contribution is -2.54. The fourth-order valence-electron chi connectivity index (χ4n) is 2.53. The molecular formula is C14H20FN3O. The van der Waals surface area contributed by atoms with Crippen LogP contribution in [0.2, 0.25) is 0 Å². The zero-order valence-electron chi connectivity index (χ0n) is 11.3. The molecule has 19 heavy (non-hydrogen) atoms. The van der Waals surface area contributed by atoms with Gasteiger partial charge in [0.1, 0.15) is 5.82 Å². The Morgan fingerprint density at radius 2 is 2.00 bits per heavy atom. The van der Waals surface area contributed by atoms with E-state index in [1.165, 1.54) is 12.1 Å². The number of hydrogen-bond acceptors (Lipinski definition) is 3. The summed E-state index contributed by atoms with van der Waals surface area (Å²) in [6.07, 6.45) is 3.23. The van der Waals surface area contributed by atoms with Crippen LogP contribution in [-0.2, 0) is 0 Å². The van der Waals surface area contributed by atoms with Gasteiger partial charge in [-0.1, -0.05) is 6.42 Å². The summed E-state index contributed by atoms with van der Waals surface area (Å²) in [5.74, 6) is -1.01. The largest absolute Gasteiger partial charge is 0.399 e. The maximum Gasteiger partial charge on any atom is 0.268 e. The summed E-state index contributed by atoms with van der Waals surface area (Å²) >= 11 is 0. The van der Waals surface area contributed by atoms with Crippen LogP contribution in [0.3, 0.4) is 0 Å². The number of anilines is 1. The summed E-state index contributed by atoms with van der Waals surface area (Å²) in [5.41, 5.74) is 8.62. The minimum atomic E-state index is -0.588. The Hall–Kier alpha value is -1.62. The van der Waals surface area contributed by atoms with E-state index in [1.54, 1.807) is 0 Å². The van der Waals surface area contributed by atoms with Crippen LogP contribution in [0.4, 0.5) is 10.1 Å². The molecule has 1 heterocycles. The molecule has 0 aliphatic carbocycles. The summed E-state index contributed by atoms with van der Waals surface area (Å²) in [4.78, 5) is 12.1. The molecular weight excluding hydrogens is 245 g/mol. The number of hydrazine groups is 1. The van der Waals surface area contributed by atoms with Gasteiger partial charge in [0, 0.05) is 17.8 Å². The normalized spacial score (nSPS) is 24.2. The van der Waals surface area contributed by atoms with E-state index >= 15 is 0 Å². The lowest BCUT2D eigenvalue weighted by molar-refractivity contribution is 0.0367. The molecule has 1 aliphatic heterocycles. The molecule has 1 saturated heterocycles. The third-order valence-electron chi connectivity index (χ3n) is 3.66. The molecule has 1 aromatic carbocycles. The molecule has 0 radical (unpaired) electrons. The molecule has 0 saturated carbocycles. The molecule has 3 N–H and O–H groups in total. The second kappa shape index (κ2) is 5.57. The number of hydrogen-bond donors (Lipinski definition) is 2. The molecule has 1 fully saturated rings. The molecule has 0 spiro atoms. The summed E-state index contributed by atoms with van der Waals surface area (Å²) in [6.45, 7) is 4.13. The highest BCUT2D eigenvalue weighted by molar-refractivity contribution is 5.94. The molecule has 2 atom stereocenters. The summed E-state index contributed by atoms with van der Waals surface area (Å²) in [5, 5.41) is 1.92. The SMILES string of the molecule is CC1CCCC(C)N1NC(=O)c1ccc(N)cc1F.